The number of nitrogens with one attached hydrogen (secondary N) is 1. The van der Waals surface area contributed by atoms with Crippen molar-refractivity contribution in [2.45, 2.75) is 30.8 Å². The van der Waals surface area contributed by atoms with Gasteiger partial charge in [-0.15, -0.1) is 0 Å². The number of nitrogens with zero attached hydrogens (tertiary/aromatic N) is 2. The molecule has 0 heterocycles. The molecule has 38 heavy (non-hydrogen) atoms. The van der Waals surface area contributed by atoms with Gasteiger partial charge < -0.3 is 19.7 Å². The molecule has 0 saturated carbocycles. The van der Waals surface area contributed by atoms with Crippen molar-refractivity contribution in [3.8, 4) is 11.5 Å². The van der Waals surface area contributed by atoms with Crippen LogP contribution in [-0.2, 0) is 26.2 Å². The van der Waals surface area contributed by atoms with Gasteiger partial charge in [0.15, 0.2) is 11.5 Å². The third-order valence-electron chi connectivity index (χ3n) is 6.09. The molecule has 0 aliphatic heterocycles. The molecule has 0 radical (unpaired) electrons. The van der Waals surface area contributed by atoms with Crippen LogP contribution < -0.4 is 19.1 Å². The number of carbonyl (C=O) groups excluding carboxylic acids is 2. The van der Waals surface area contributed by atoms with Crippen LogP contribution in [0.4, 0.5) is 5.69 Å². The average molecular weight is 540 g/mol. The minimum Gasteiger partial charge on any atom is -0.493 e. The molecule has 0 aromatic heterocycles. The highest BCUT2D eigenvalue weighted by Gasteiger charge is 2.33. The summed E-state index contributed by atoms with van der Waals surface area (Å²) in [7, 11) is 0.158. The molecule has 0 spiro atoms. The SMILES string of the molecule is CCC(C(=O)NC)N(Cc1ccccc1)C(=O)CN(c1ccccc1)S(=O)(=O)c1ccc(OC)c(OC)c1. The van der Waals surface area contributed by atoms with Gasteiger partial charge in [0.05, 0.1) is 24.8 Å². The maximum atomic E-state index is 13.9. The Morgan fingerprint density at radius 2 is 1.50 bits per heavy atom. The first-order valence-corrected chi connectivity index (χ1v) is 13.6. The standard InChI is InChI=1S/C28H33N3O6S/c1-5-24(28(33)29-2)30(19-21-12-8-6-9-13-21)27(32)20-31(22-14-10-7-11-15-22)38(34,35)23-16-17-25(36-3)26(18-23)37-4/h6-18,24H,5,19-20H2,1-4H3,(H,29,33). The number of hydrogen-bond donors (Lipinski definition) is 1. The predicted octanol–water partition coefficient (Wildman–Crippen LogP) is 3.45. The number of benzene rings is 3. The van der Waals surface area contributed by atoms with E-state index >= 15 is 0 Å². The van der Waals surface area contributed by atoms with Crippen LogP contribution in [0.5, 0.6) is 11.5 Å². The van der Waals surface area contributed by atoms with Crippen molar-refractivity contribution in [1.82, 2.24) is 10.2 Å². The van der Waals surface area contributed by atoms with Crippen molar-refractivity contribution >= 4 is 27.5 Å². The number of para-hydroxylation sites is 1. The quantitative estimate of drug-likeness (QED) is 0.378. The molecule has 0 aliphatic carbocycles. The summed E-state index contributed by atoms with van der Waals surface area (Å²) in [5.74, 6) is -0.230. The summed E-state index contributed by atoms with van der Waals surface area (Å²) in [6.07, 6.45) is 0.353. The van der Waals surface area contributed by atoms with Crippen molar-refractivity contribution in [1.29, 1.82) is 0 Å². The lowest BCUT2D eigenvalue weighted by Crippen LogP contribution is -2.51. The first kappa shape index (κ1) is 28.5. The summed E-state index contributed by atoms with van der Waals surface area (Å²) < 4.78 is 39.4. The molecule has 3 aromatic rings. The number of likely N-dealkylation sites (N-methyl/N-ethyl adjacent to an activating group) is 1. The van der Waals surface area contributed by atoms with Crippen LogP contribution in [0.2, 0.25) is 0 Å². The number of sulfonamides is 1. The minimum absolute atomic E-state index is 0.0697. The van der Waals surface area contributed by atoms with Crippen LogP contribution in [0, 0.1) is 0 Å². The fourth-order valence-electron chi connectivity index (χ4n) is 4.09. The fourth-order valence-corrected chi connectivity index (χ4v) is 5.52. The Morgan fingerprint density at radius 3 is 2.05 bits per heavy atom. The van der Waals surface area contributed by atoms with E-state index in [2.05, 4.69) is 5.32 Å². The fraction of sp³-hybridized carbons (Fsp3) is 0.286. The zero-order valence-electron chi connectivity index (χ0n) is 22.0. The second kappa shape index (κ2) is 13.0. The molecule has 0 aliphatic rings. The predicted molar refractivity (Wildman–Crippen MR) is 146 cm³/mol. The van der Waals surface area contributed by atoms with Crippen LogP contribution in [-0.4, -0.2) is 59.0 Å². The molecule has 3 aromatic carbocycles. The monoisotopic (exact) mass is 539 g/mol. The summed E-state index contributed by atoms with van der Waals surface area (Å²) in [5.41, 5.74) is 1.13. The van der Waals surface area contributed by atoms with Crippen LogP contribution in [0.3, 0.4) is 0 Å². The van der Waals surface area contributed by atoms with E-state index in [4.69, 9.17) is 9.47 Å². The van der Waals surface area contributed by atoms with Crippen molar-refractivity contribution in [3.05, 3.63) is 84.4 Å². The summed E-state index contributed by atoms with van der Waals surface area (Å²) in [5, 5.41) is 2.61. The first-order chi connectivity index (χ1) is 18.3. The Labute approximate surface area is 224 Å². The lowest BCUT2D eigenvalue weighted by Gasteiger charge is -2.33. The van der Waals surface area contributed by atoms with E-state index in [1.54, 1.807) is 37.3 Å². The van der Waals surface area contributed by atoms with E-state index < -0.39 is 28.5 Å². The highest BCUT2D eigenvalue weighted by atomic mass is 32.2. The number of rotatable bonds is 12. The van der Waals surface area contributed by atoms with Crippen LogP contribution in [0.15, 0.2) is 83.8 Å². The second-order valence-corrected chi connectivity index (χ2v) is 10.3. The Kier molecular flexibility index (Phi) is 9.72. The number of ether oxygens (including phenoxy) is 2. The van der Waals surface area contributed by atoms with E-state index in [1.807, 2.05) is 30.3 Å². The van der Waals surface area contributed by atoms with Gasteiger partial charge in [0, 0.05) is 19.7 Å². The smallest absolute Gasteiger partial charge is 0.264 e. The van der Waals surface area contributed by atoms with Crippen molar-refractivity contribution in [2.75, 3.05) is 32.1 Å². The largest absolute Gasteiger partial charge is 0.493 e. The van der Waals surface area contributed by atoms with Gasteiger partial charge in [0.25, 0.3) is 10.0 Å². The molecular weight excluding hydrogens is 506 g/mol. The third kappa shape index (κ3) is 6.44. The molecule has 3 rings (SSSR count). The van der Waals surface area contributed by atoms with Gasteiger partial charge in [0.2, 0.25) is 11.8 Å². The Bertz CT molecular complexity index is 1330. The van der Waals surface area contributed by atoms with E-state index in [0.29, 0.717) is 17.9 Å². The zero-order chi connectivity index (χ0) is 27.7. The summed E-state index contributed by atoms with van der Waals surface area (Å²) >= 11 is 0. The minimum atomic E-state index is -4.22. The second-order valence-electron chi connectivity index (χ2n) is 8.41. The van der Waals surface area contributed by atoms with Gasteiger partial charge in [-0.3, -0.25) is 13.9 Å². The van der Waals surface area contributed by atoms with Gasteiger partial charge in [-0.05, 0) is 36.2 Å². The van der Waals surface area contributed by atoms with Crippen molar-refractivity contribution < 1.29 is 27.5 Å². The zero-order valence-corrected chi connectivity index (χ0v) is 22.8. The summed E-state index contributed by atoms with van der Waals surface area (Å²) in [4.78, 5) is 27.9. The van der Waals surface area contributed by atoms with Gasteiger partial charge >= 0.3 is 0 Å². The van der Waals surface area contributed by atoms with E-state index in [-0.39, 0.29) is 23.1 Å². The van der Waals surface area contributed by atoms with Crippen LogP contribution in [0.1, 0.15) is 18.9 Å². The molecule has 1 N–H and O–H groups in total. The van der Waals surface area contributed by atoms with Gasteiger partial charge in [0.1, 0.15) is 12.6 Å². The van der Waals surface area contributed by atoms with E-state index in [1.165, 1.54) is 44.4 Å². The van der Waals surface area contributed by atoms with Gasteiger partial charge in [-0.1, -0.05) is 55.5 Å². The molecule has 0 bridgehead atoms. The number of anilines is 1. The molecule has 1 atom stereocenters. The first-order valence-electron chi connectivity index (χ1n) is 12.1. The number of amides is 2. The normalized spacial score (nSPS) is 11.8. The molecule has 0 saturated heterocycles. The van der Waals surface area contributed by atoms with E-state index in [9.17, 15) is 18.0 Å². The lowest BCUT2D eigenvalue weighted by molar-refractivity contribution is -0.140. The van der Waals surface area contributed by atoms with Gasteiger partial charge in [-0.25, -0.2) is 8.42 Å². The van der Waals surface area contributed by atoms with Crippen LogP contribution >= 0.6 is 0 Å². The highest BCUT2D eigenvalue weighted by molar-refractivity contribution is 7.92. The Hall–Kier alpha value is -4.05. The maximum absolute atomic E-state index is 13.9. The molecule has 2 amide bonds. The summed E-state index contributed by atoms with van der Waals surface area (Å²) in [6, 6.07) is 21.1. The molecule has 10 heteroatoms. The number of carbonyl (C=O) groups is 2. The van der Waals surface area contributed by atoms with Crippen LogP contribution in [0.25, 0.3) is 0 Å². The highest BCUT2D eigenvalue weighted by Crippen LogP contribution is 2.32. The Morgan fingerprint density at radius 1 is 0.895 bits per heavy atom. The number of methoxy groups -OCH3 is 2. The third-order valence-corrected chi connectivity index (χ3v) is 7.86. The lowest BCUT2D eigenvalue weighted by atomic mass is 10.1. The summed E-state index contributed by atoms with van der Waals surface area (Å²) in [6.45, 7) is 1.44. The molecule has 1 unspecified atom stereocenters. The van der Waals surface area contributed by atoms with E-state index in [0.717, 1.165) is 9.87 Å². The topological polar surface area (TPSA) is 105 Å². The molecule has 0 fully saturated rings. The maximum Gasteiger partial charge on any atom is 0.264 e. The van der Waals surface area contributed by atoms with Crippen molar-refractivity contribution in [2.24, 2.45) is 0 Å². The molecular formula is C28H33N3O6S. The molecule has 202 valence electrons. The van der Waals surface area contributed by atoms with Crippen molar-refractivity contribution in [3.63, 3.8) is 0 Å². The molecule has 9 nitrogen and oxygen atoms in total. The number of hydrogen-bond acceptors (Lipinski definition) is 6. The Balaban J connectivity index is 2.06. The van der Waals surface area contributed by atoms with Gasteiger partial charge in [-0.2, -0.15) is 0 Å². The average Bonchev–Trinajstić information content (AvgIpc) is 2.95.